The van der Waals surface area contributed by atoms with Gasteiger partial charge in [-0.2, -0.15) is 0 Å². The number of hydrogen-bond acceptors (Lipinski definition) is 3. The van der Waals surface area contributed by atoms with Crippen LogP contribution in [0.25, 0.3) is 0 Å². The molecule has 128 valence electrons. The fourth-order valence-corrected chi connectivity index (χ4v) is 2.49. The minimum absolute atomic E-state index is 0.307. The highest BCUT2D eigenvalue weighted by molar-refractivity contribution is 5.73. The first-order valence-corrected chi connectivity index (χ1v) is 8.24. The van der Waals surface area contributed by atoms with Gasteiger partial charge in [-0.25, -0.2) is 4.79 Å². The lowest BCUT2D eigenvalue weighted by atomic mass is 10.0. The van der Waals surface area contributed by atoms with Gasteiger partial charge in [0.2, 0.25) is 0 Å². The maximum absolute atomic E-state index is 11.6. The van der Waals surface area contributed by atoms with Crippen molar-refractivity contribution in [1.82, 2.24) is 0 Å². The Kier molecular flexibility index (Phi) is 6.67. The van der Waals surface area contributed by atoms with Crippen LogP contribution in [0.15, 0.2) is 48.5 Å². The van der Waals surface area contributed by atoms with Crippen LogP contribution in [0.2, 0.25) is 0 Å². The zero-order valence-electron chi connectivity index (χ0n) is 14.2. The van der Waals surface area contributed by atoms with Crippen LogP contribution in [-0.4, -0.2) is 24.3 Å². The van der Waals surface area contributed by atoms with Crippen molar-refractivity contribution in [1.29, 1.82) is 0 Å². The molecule has 0 heterocycles. The third-order valence-electron chi connectivity index (χ3n) is 3.88. The number of para-hydroxylation sites is 2. The number of carboxylic acids is 1. The molecule has 4 nitrogen and oxygen atoms in total. The van der Waals surface area contributed by atoms with E-state index in [9.17, 15) is 9.90 Å². The van der Waals surface area contributed by atoms with Gasteiger partial charge >= 0.3 is 5.97 Å². The number of carboxylic acid groups (broad SMARTS) is 1. The Balaban J connectivity index is 2.07. The third-order valence-corrected chi connectivity index (χ3v) is 3.88. The van der Waals surface area contributed by atoms with E-state index in [1.54, 1.807) is 18.2 Å². The van der Waals surface area contributed by atoms with E-state index in [0.717, 1.165) is 24.8 Å². The van der Waals surface area contributed by atoms with Crippen molar-refractivity contribution in [2.45, 2.75) is 38.7 Å². The molecule has 1 N–H and O–H groups in total. The zero-order chi connectivity index (χ0) is 17.4. The highest BCUT2D eigenvalue weighted by Crippen LogP contribution is 2.27. The van der Waals surface area contributed by atoms with E-state index in [-0.39, 0.29) is 0 Å². The number of ether oxygens (including phenoxy) is 2. The largest absolute Gasteiger partial charge is 0.493 e. The maximum atomic E-state index is 11.6. The average Bonchev–Trinajstić information content (AvgIpc) is 2.60. The molecule has 0 unspecified atom stereocenters. The van der Waals surface area contributed by atoms with Crippen LogP contribution >= 0.6 is 0 Å². The molecule has 2 aromatic carbocycles. The summed E-state index contributed by atoms with van der Waals surface area (Å²) in [5.74, 6) is -0.0263. The van der Waals surface area contributed by atoms with E-state index in [0.29, 0.717) is 17.9 Å². The van der Waals surface area contributed by atoms with Crippen molar-refractivity contribution in [3.8, 4) is 11.5 Å². The van der Waals surface area contributed by atoms with Crippen molar-refractivity contribution in [3.63, 3.8) is 0 Å². The van der Waals surface area contributed by atoms with Gasteiger partial charge in [0.15, 0.2) is 17.6 Å². The predicted molar refractivity (Wildman–Crippen MR) is 93.8 cm³/mol. The number of benzene rings is 2. The van der Waals surface area contributed by atoms with E-state index in [4.69, 9.17) is 9.47 Å². The Morgan fingerprint density at radius 3 is 2.25 bits per heavy atom. The van der Waals surface area contributed by atoms with Crippen LogP contribution in [0.1, 0.15) is 30.9 Å². The second kappa shape index (κ2) is 8.96. The van der Waals surface area contributed by atoms with Crippen LogP contribution in [0, 0.1) is 0 Å². The Bertz CT molecular complexity index is 649. The highest BCUT2D eigenvalue weighted by atomic mass is 16.5. The first kappa shape index (κ1) is 17.9. The predicted octanol–water partition coefficient (Wildman–Crippen LogP) is 4.11. The van der Waals surface area contributed by atoms with Gasteiger partial charge in [0, 0.05) is 6.42 Å². The van der Waals surface area contributed by atoms with Crippen LogP contribution in [0.3, 0.4) is 0 Å². The smallest absolute Gasteiger partial charge is 0.345 e. The average molecular weight is 328 g/mol. The van der Waals surface area contributed by atoms with Crippen LogP contribution in [0.5, 0.6) is 11.5 Å². The summed E-state index contributed by atoms with van der Waals surface area (Å²) in [5, 5.41) is 9.46. The van der Waals surface area contributed by atoms with Gasteiger partial charge in [0.25, 0.3) is 0 Å². The summed E-state index contributed by atoms with van der Waals surface area (Å²) in [6.07, 6.45) is 2.73. The SMILES string of the molecule is CCCCc1ccc(C[C@@H](Oc2ccccc2OC)C(=O)O)cc1. The van der Waals surface area contributed by atoms with Crippen LogP contribution in [-0.2, 0) is 17.6 Å². The first-order chi connectivity index (χ1) is 11.6. The summed E-state index contributed by atoms with van der Waals surface area (Å²) >= 11 is 0. The molecule has 0 spiro atoms. The lowest BCUT2D eigenvalue weighted by Gasteiger charge is -2.17. The topological polar surface area (TPSA) is 55.8 Å². The zero-order valence-corrected chi connectivity index (χ0v) is 14.2. The number of aliphatic carboxylic acids is 1. The van der Waals surface area contributed by atoms with E-state index in [2.05, 4.69) is 19.1 Å². The van der Waals surface area contributed by atoms with Gasteiger partial charge in [-0.15, -0.1) is 0 Å². The Hall–Kier alpha value is -2.49. The quantitative estimate of drug-likeness (QED) is 0.752. The second-order valence-electron chi connectivity index (χ2n) is 5.72. The summed E-state index contributed by atoms with van der Waals surface area (Å²) in [6.45, 7) is 2.17. The highest BCUT2D eigenvalue weighted by Gasteiger charge is 2.21. The third kappa shape index (κ3) is 5.01. The van der Waals surface area contributed by atoms with Crippen molar-refractivity contribution < 1.29 is 19.4 Å². The molecule has 4 heteroatoms. The molecule has 1 atom stereocenters. The van der Waals surface area contributed by atoms with Crippen molar-refractivity contribution in [2.24, 2.45) is 0 Å². The molecule has 0 aliphatic heterocycles. The lowest BCUT2D eigenvalue weighted by Crippen LogP contribution is -2.29. The molecule has 0 amide bonds. The summed E-state index contributed by atoms with van der Waals surface area (Å²) in [4.78, 5) is 11.6. The number of methoxy groups -OCH3 is 1. The first-order valence-electron chi connectivity index (χ1n) is 8.24. The molecule has 0 aliphatic carbocycles. The molecule has 0 aliphatic rings. The molecule has 24 heavy (non-hydrogen) atoms. The number of hydrogen-bond donors (Lipinski definition) is 1. The van der Waals surface area contributed by atoms with Gasteiger partial charge in [0.1, 0.15) is 0 Å². The minimum atomic E-state index is -0.990. The molecule has 0 saturated heterocycles. The monoisotopic (exact) mass is 328 g/mol. The molecule has 0 fully saturated rings. The van der Waals surface area contributed by atoms with Crippen molar-refractivity contribution >= 4 is 5.97 Å². The van der Waals surface area contributed by atoms with Gasteiger partial charge in [0.05, 0.1) is 7.11 Å². The second-order valence-corrected chi connectivity index (χ2v) is 5.72. The van der Waals surface area contributed by atoms with Crippen molar-refractivity contribution in [3.05, 3.63) is 59.7 Å². The molecular formula is C20H24O4. The van der Waals surface area contributed by atoms with E-state index in [1.807, 2.05) is 18.2 Å². The number of rotatable bonds is 9. The maximum Gasteiger partial charge on any atom is 0.345 e. The summed E-state index contributed by atoms with van der Waals surface area (Å²) in [5.41, 5.74) is 2.22. The Morgan fingerprint density at radius 2 is 1.67 bits per heavy atom. The summed E-state index contributed by atoms with van der Waals surface area (Å²) in [7, 11) is 1.53. The Morgan fingerprint density at radius 1 is 1.04 bits per heavy atom. The molecule has 0 radical (unpaired) electrons. The fourth-order valence-electron chi connectivity index (χ4n) is 2.49. The molecule has 0 bridgehead atoms. The molecule has 0 saturated carbocycles. The molecular weight excluding hydrogens is 304 g/mol. The minimum Gasteiger partial charge on any atom is -0.493 e. The standard InChI is InChI=1S/C20H24O4/c1-3-4-7-15-10-12-16(13-11-15)14-19(20(21)22)24-18-9-6-5-8-17(18)23-2/h5-6,8-13,19H,3-4,7,14H2,1-2H3,(H,21,22)/t19-/m1/s1. The van der Waals surface area contributed by atoms with Gasteiger partial charge in [-0.1, -0.05) is 49.7 Å². The number of unbranched alkanes of at least 4 members (excludes halogenated alkanes) is 1. The van der Waals surface area contributed by atoms with E-state index < -0.39 is 12.1 Å². The molecule has 2 rings (SSSR count). The van der Waals surface area contributed by atoms with E-state index in [1.165, 1.54) is 12.7 Å². The number of carbonyl (C=O) groups is 1. The van der Waals surface area contributed by atoms with Gasteiger partial charge < -0.3 is 14.6 Å². The van der Waals surface area contributed by atoms with Gasteiger partial charge in [-0.3, -0.25) is 0 Å². The Labute approximate surface area is 143 Å². The summed E-state index contributed by atoms with van der Waals surface area (Å²) in [6, 6.07) is 15.1. The lowest BCUT2D eigenvalue weighted by molar-refractivity contribution is -0.145. The van der Waals surface area contributed by atoms with Gasteiger partial charge in [-0.05, 0) is 36.1 Å². The van der Waals surface area contributed by atoms with Crippen molar-refractivity contribution in [2.75, 3.05) is 7.11 Å². The molecule has 2 aromatic rings. The number of aryl methyl sites for hydroxylation is 1. The summed E-state index contributed by atoms with van der Waals surface area (Å²) < 4.78 is 10.9. The van der Waals surface area contributed by atoms with Crippen LogP contribution in [0.4, 0.5) is 0 Å². The molecule has 0 aromatic heterocycles. The van der Waals surface area contributed by atoms with E-state index >= 15 is 0 Å². The normalized spacial score (nSPS) is 11.8. The fraction of sp³-hybridized carbons (Fsp3) is 0.350. The van der Waals surface area contributed by atoms with Crippen LogP contribution < -0.4 is 9.47 Å².